The van der Waals surface area contributed by atoms with Crippen LogP contribution in [-0.4, -0.2) is 36.3 Å². The van der Waals surface area contributed by atoms with E-state index in [1.165, 1.54) is 22.3 Å². The second kappa shape index (κ2) is 8.75. The van der Waals surface area contributed by atoms with Crippen molar-refractivity contribution in [2.45, 2.75) is 31.1 Å². The van der Waals surface area contributed by atoms with Gasteiger partial charge in [0.1, 0.15) is 0 Å². The number of benzene rings is 3. The van der Waals surface area contributed by atoms with Crippen LogP contribution >= 0.6 is 0 Å². The molecule has 7 rings (SSSR count). The summed E-state index contributed by atoms with van der Waals surface area (Å²) < 4.78 is 0. The number of piperidine rings is 1. The van der Waals surface area contributed by atoms with Crippen molar-refractivity contribution in [3.8, 4) is 0 Å². The van der Waals surface area contributed by atoms with E-state index in [1.807, 2.05) is 35.2 Å². The normalized spacial score (nSPS) is 24.8. The van der Waals surface area contributed by atoms with Crippen molar-refractivity contribution >= 4 is 11.8 Å². The van der Waals surface area contributed by atoms with Crippen LogP contribution < -0.4 is 5.32 Å². The Hall–Kier alpha value is -3.40. The van der Waals surface area contributed by atoms with Gasteiger partial charge < -0.3 is 10.2 Å². The van der Waals surface area contributed by atoms with Gasteiger partial charge in [-0.25, -0.2) is 0 Å². The van der Waals surface area contributed by atoms with Gasteiger partial charge in [0.05, 0.1) is 5.92 Å². The maximum Gasteiger partial charge on any atom is 0.253 e. The number of rotatable bonds is 4. The summed E-state index contributed by atoms with van der Waals surface area (Å²) in [4.78, 5) is 27.9. The maximum absolute atomic E-state index is 13.2. The van der Waals surface area contributed by atoms with E-state index in [1.54, 1.807) is 0 Å². The highest BCUT2D eigenvalue weighted by atomic mass is 16.2. The van der Waals surface area contributed by atoms with Gasteiger partial charge in [0.2, 0.25) is 5.91 Å². The fraction of sp³-hybridized carbons (Fsp3) is 0.333. The third kappa shape index (κ3) is 3.62. The Bertz CT molecular complexity index is 1170. The highest BCUT2D eigenvalue weighted by Gasteiger charge is 2.43. The van der Waals surface area contributed by atoms with Crippen LogP contribution in [0.4, 0.5) is 0 Å². The zero-order valence-corrected chi connectivity index (χ0v) is 19.3. The molecule has 34 heavy (non-hydrogen) atoms. The summed E-state index contributed by atoms with van der Waals surface area (Å²) >= 11 is 0. The predicted octanol–water partition coefficient (Wildman–Crippen LogP) is 4.95. The molecule has 1 fully saturated rings. The lowest BCUT2D eigenvalue weighted by molar-refractivity contribution is -0.126. The van der Waals surface area contributed by atoms with E-state index in [0.29, 0.717) is 36.4 Å². The van der Waals surface area contributed by atoms with Gasteiger partial charge in [-0.05, 0) is 59.6 Å². The second-order valence-corrected chi connectivity index (χ2v) is 9.99. The molecule has 2 unspecified atom stereocenters. The molecule has 0 aromatic heterocycles. The molecule has 1 saturated heterocycles. The molecule has 1 heterocycles. The fourth-order valence-corrected chi connectivity index (χ4v) is 6.47. The average Bonchev–Trinajstić information content (AvgIpc) is 2.92. The van der Waals surface area contributed by atoms with Crippen molar-refractivity contribution in [3.63, 3.8) is 0 Å². The zero-order chi connectivity index (χ0) is 23.1. The molecule has 3 aromatic carbocycles. The monoisotopic (exact) mass is 450 g/mol. The highest BCUT2D eigenvalue weighted by molar-refractivity contribution is 5.94. The molecular formula is C30H30N2O2. The minimum absolute atomic E-state index is 0.0240. The Morgan fingerprint density at radius 3 is 2.12 bits per heavy atom. The van der Waals surface area contributed by atoms with E-state index in [2.05, 4.69) is 53.8 Å². The first-order chi connectivity index (χ1) is 16.7. The van der Waals surface area contributed by atoms with Gasteiger partial charge in [0.25, 0.3) is 5.91 Å². The third-order valence-electron chi connectivity index (χ3n) is 8.06. The highest BCUT2D eigenvalue weighted by Crippen LogP contribution is 2.55. The Balaban J connectivity index is 1.15. The van der Waals surface area contributed by atoms with E-state index < -0.39 is 0 Å². The molecule has 2 amide bonds. The predicted molar refractivity (Wildman–Crippen MR) is 133 cm³/mol. The fourth-order valence-electron chi connectivity index (χ4n) is 6.47. The van der Waals surface area contributed by atoms with Gasteiger partial charge in [-0.15, -0.1) is 0 Å². The van der Waals surface area contributed by atoms with E-state index in [9.17, 15) is 9.59 Å². The number of carbonyl (C=O) groups is 2. The summed E-state index contributed by atoms with van der Waals surface area (Å²) in [5.41, 5.74) is 6.45. The number of hydrogen-bond donors (Lipinski definition) is 1. The zero-order valence-electron chi connectivity index (χ0n) is 19.3. The van der Waals surface area contributed by atoms with Crippen LogP contribution in [0.1, 0.15) is 63.7 Å². The Labute approximate surface area is 201 Å². The van der Waals surface area contributed by atoms with E-state index >= 15 is 0 Å². The summed E-state index contributed by atoms with van der Waals surface area (Å²) in [7, 11) is 0. The number of nitrogens with one attached hydrogen (secondary N) is 1. The van der Waals surface area contributed by atoms with E-state index in [4.69, 9.17) is 0 Å². The van der Waals surface area contributed by atoms with Crippen molar-refractivity contribution in [1.29, 1.82) is 0 Å². The van der Waals surface area contributed by atoms with Crippen LogP contribution in [0.15, 0.2) is 78.9 Å². The molecule has 3 aromatic rings. The minimum Gasteiger partial charge on any atom is -0.355 e. The van der Waals surface area contributed by atoms with Gasteiger partial charge in [-0.2, -0.15) is 0 Å². The first-order valence-corrected chi connectivity index (χ1v) is 12.5. The number of likely N-dealkylation sites (tertiary alicyclic amines) is 1. The lowest BCUT2D eigenvalue weighted by Crippen LogP contribution is -2.47. The smallest absolute Gasteiger partial charge is 0.253 e. The Kier molecular flexibility index (Phi) is 5.44. The van der Waals surface area contributed by atoms with Crippen LogP contribution in [0.3, 0.4) is 0 Å². The van der Waals surface area contributed by atoms with Crippen molar-refractivity contribution in [2.75, 3.05) is 19.6 Å². The molecule has 3 aliphatic carbocycles. The maximum atomic E-state index is 13.2. The van der Waals surface area contributed by atoms with Crippen molar-refractivity contribution in [3.05, 3.63) is 107 Å². The largest absolute Gasteiger partial charge is 0.355 e. The number of amides is 2. The van der Waals surface area contributed by atoms with E-state index in [-0.39, 0.29) is 17.7 Å². The quantitative estimate of drug-likeness (QED) is 0.611. The number of hydrogen-bond acceptors (Lipinski definition) is 2. The van der Waals surface area contributed by atoms with Crippen molar-refractivity contribution in [2.24, 2.45) is 11.8 Å². The average molecular weight is 451 g/mol. The SMILES string of the molecule is O=C(NCC1CC2c3ccccc3C1c1ccccc12)C1CCCN(C(=O)c2ccccc2)C1. The van der Waals surface area contributed by atoms with Crippen LogP contribution in [0.5, 0.6) is 0 Å². The van der Waals surface area contributed by atoms with Crippen LogP contribution in [0, 0.1) is 11.8 Å². The number of carbonyl (C=O) groups excluding carboxylic acids is 2. The Morgan fingerprint density at radius 1 is 0.824 bits per heavy atom. The third-order valence-corrected chi connectivity index (χ3v) is 8.06. The topological polar surface area (TPSA) is 49.4 Å². The molecule has 0 radical (unpaired) electrons. The summed E-state index contributed by atoms with van der Waals surface area (Å²) in [6, 6.07) is 27.0. The molecule has 0 spiro atoms. The molecule has 2 bridgehead atoms. The second-order valence-electron chi connectivity index (χ2n) is 9.99. The number of nitrogens with zero attached hydrogens (tertiary/aromatic N) is 1. The summed E-state index contributed by atoms with van der Waals surface area (Å²) in [5, 5.41) is 3.29. The molecular weight excluding hydrogens is 420 g/mol. The first kappa shape index (κ1) is 21.2. The standard InChI is InChI=1S/C30H30N2O2/c33-29(21-11-8-16-32(19-21)30(34)20-9-2-1-3-10-20)31-18-22-17-27-23-12-4-6-14-25(23)28(22)26-15-7-5-13-24(26)27/h1-7,9-10,12-15,21-22,27-28H,8,11,16-19H2,(H,31,33). The lowest BCUT2D eigenvalue weighted by atomic mass is 9.59. The van der Waals surface area contributed by atoms with Gasteiger partial charge in [-0.3, -0.25) is 9.59 Å². The first-order valence-electron chi connectivity index (χ1n) is 12.5. The lowest BCUT2D eigenvalue weighted by Gasteiger charge is -2.45. The van der Waals surface area contributed by atoms with Gasteiger partial charge in [-0.1, -0.05) is 66.7 Å². The summed E-state index contributed by atoms with van der Waals surface area (Å²) in [6.07, 6.45) is 2.78. The Morgan fingerprint density at radius 2 is 1.44 bits per heavy atom. The van der Waals surface area contributed by atoms with Crippen LogP contribution in [0.25, 0.3) is 0 Å². The van der Waals surface area contributed by atoms with Gasteiger partial charge in [0.15, 0.2) is 0 Å². The summed E-state index contributed by atoms with van der Waals surface area (Å²) in [5.74, 6) is 1.11. The molecule has 1 N–H and O–H groups in total. The van der Waals surface area contributed by atoms with Gasteiger partial charge >= 0.3 is 0 Å². The van der Waals surface area contributed by atoms with Crippen molar-refractivity contribution < 1.29 is 9.59 Å². The van der Waals surface area contributed by atoms with E-state index in [0.717, 1.165) is 25.8 Å². The molecule has 1 aliphatic heterocycles. The van der Waals surface area contributed by atoms with Gasteiger partial charge in [0, 0.05) is 37.0 Å². The minimum atomic E-state index is -0.137. The van der Waals surface area contributed by atoms with Crippen LogP contribution in [0.2, 0.25) is 0 Å². The molecule has 172 valence electrons. The molecule has 4 aliphatic rings. The molecule has 0 saturated carbocycles. The summed E-state index contributed by atoms with van der Waals surface area (Å²) in [6.45, 7) is 1.91. The van der Waals surface area contributed by atoms with Crippen LogP contribution in [-0.2, 0) is 4.79 Å². The molecule has 2 atom stereocenters. The molecule has 4 heteroatoms. The van der Waals surface area contributed by atoms with Crippen molar-refractivity contribution in [1.82, 2.24) is 10.2 Å². The molecule has 4 nitrogen and oxygen atoms in total. The number of fused-ring (bicyclic) bond motifs is 1.